The van der Waals surface area contributed by atoms with E-state index in [1.807, 2.05) is 19.9 Å². The lowest BCUT2D eigenvalue weighted by atomic mass is 10.2. The Hall–Kier alpha value is -2.45. The summed E-state index contributed by atoms with van der Waals surface area (Å²) in [4.78, 5) is 16.2. The summed E-state index contributed by atoms with van der Waals surface area (Å²) in [5, 5.41) is 3.11. The SMILES string of the molecule is CCC(=O)Nc1cc(C)c2nc(NS(=O)(=O)c3ccc(C)cc3)sc2c1. The van der Waals surface area contributed by atoms with Crippen LogP contribution in [-0.4, -0.2) is 19.3 Å². The Morgan fingerprint density at radius 1 is 1.15 bits per heavy atom. The molecule has 0 atom stereocenters. The summed E-state index contributed by atoms with van der Waals surface area (Å²) in [6.45, 7) is 5.56. The highest BCUT2D eigenvalue weighted by Crippen LogP contribution is 2.32. The van der Waals surface area contributed by atoms with Crippen LogP contribution in [0.3, 0.4) is 0 Å². The number of thiazole rings is 1. The smallest absolute Gasteiger partial charge is 0.263 e. The maximum Gasteiger partial charge on any atom is 0.263 e. The topological polar surface area (TPSA) is 88.2 Å². The van der Waals surface area contributed by atoms with Gasteiger partial charge < -0.3 is 5.32 Å². The third-order valence-corrected chi connectivity index (χ3v) is 6.25. The molecule has 0 aliphatic heterocycles. The molecule has 6 nitrogen and oxygen atoms in total. The third kappa shape index (κ3) is 3.86. The average Bonchev–Trinajstić information content (AvgIpc) is 2.97. The zero-order valence-electron chi connectivity index (χ0n) is 14.7. The van der Waals surface area contributed by atoms with Crippen molar-refractivity contribution in [3.05, 3.63) is 47.5 Å². The molecule has 2 aromatic carbocycles. The number of aryl methyl sites for hydroxylation is 2. The van der Waals surface area contributed by atoms with Gasteiger partial charge in [-0.25, -0.2) is 13.4 Å². The quantitative estimate of drug-likeness (QED) is 0.689. The molecule has 1 aromatic heterocycles. The summed E-state index contributed by atoms with van der Waals surface area (Å²) in [5.74, 6) is -0.0754. The molecule has 0 spiro atoms. The Bertz CT molecular complexity index is 1070. The van der Waals surface area contributed by atoms with E-state index in [-0.39, 0.29) is 10.8 Å². The molecule has 1 heterocycles. The summed E-state index contributed by atoms with van der Waals surface area (Å²) < 4.78 is 28.4. The van der Waals surface area contributed by atoms with Gasteiger partial charge in [-0.2, -0.15) is 0 Å². The van der Waals surface area contributed by atoms with Gasteiger partial charge in [0, 0.05) is 12.1 Å². The molecular weight excluding hydrogens is 370 g/mol. The standard InChI is InChI=1S/C18H19N3O3S2/c1-4-16(22)19-13-9-12(3)17-15(10-13)25-18(20-17)21-26(23,24)14-7-5-11(2)6-8-14/h5-10H,4H2,1-3H3,(H,19,22)(H,20,21). The number of rotatable bonds is 5. The van der Waals surface area contributed by atoms with Crippen LogP contribution in [0.1, 0.15) is 24.5 Å². The van der Waals surface area contributed by atoms with Gasteiger partial charge in [0.1, 0.15) is 0 Å². The van der Waals surface area contributed by atoms with Gasteiger partial charge in [0.05, 0.1) is 15.1 Å². The molecule has 3 rings (SSSR count). The van der Waals surface area contributed by atoms with E-state index >= 15 is 0 Å². The number of sulfonamides is 1. The highest BCUT2D eigenvalue weighted by molar-refractivity contribution is 7.93. The molecule has 0 aliphatic rings. The number of carbonyl (C=O) groups is 1. The van der Waals surface area contributed by atoms with Crippen LogP contribution >= 0.6 is 11.3 Å². The molecule has 2 N–H and O–H groups in total. The number of amides is 1. The van der Waals surface area contributed by atoms with Crippen molar-refractivity contribution >= 4 is 48.3 Å². The van der Waals surface area contributed by atoms with E-state index < -0.39 is 10.0 Å². The third-order valence-electron chi connectivity index (χ3n) is 3.84. The second-order valence-corrected chi connectivity index (χ2v) is 8.69. The molecule has 1 amide bonds. The van der Waals surface area contributed by atoms with Gasteiger partial charge in [0.2, 0.25) is 5.91 Å². The van der Waals surface area contributed by atoms with Crippen molar-refractivity contribution < 1.29 is 13.2 Å². The predicted molar refractivity (Wildman–Crippen MR) is 105 cm³/mol. The first kappa shape index (κ1) is 18.3. The largest absolute Gasteiger partial charge is 0.326 e. The van der Waals surface area contributed by atoms with Gasteiger partial charge in [-0.1, -0.05) is 36.0 Å². The number of benzene rings is 2. The summed E-state index contributed by atoms with van der Waals surface area (Å²) in [5.41, 5.74) is 3.25. The Labute approximate surface area is 156 Å². The Morgan fingerprint density at radius 3 is 2.50 bits per heavy atom. The van der Waals surface area contributed by atoms with Crippen molar-refractivity contribution in [3.8, 4) is 0 Å². The van der Waals surface area contributed by atoms with Crippen LogP contribution in [0.15, 0.2) is 41.3 Å². The van der Waals surface area contributed by atoms with Crippen molar-refractivity contribution in [2.45, 2.75) is 32.1 Å². The summed E-state index contributed by atoms with van der Waals surface area (Å²) in [6.07, 6.45) is 0.390. The van der Waals surface area contributed by atoms with Gasteiger partial charge in [0.25, 0.3) is 10.0 Å². The number of hydrogen-bond acceptors (Lipinski definition) is 5. The van der Waals surface area contributed by atoms with Crippen LogP contribution in [0.2, 0.25) is 0 Å². The van der Waals surface area contributed by atoms with E-state index in [2.05, 4.69) is 15.0 Å². The number of hydrogen-bond donors (Lipinski definition) is 2. The normalized spacial score (nSPS) is 11.5. The fraction of sp³-hybridized carbons (Fsp3) is 0.222. The monoisotopic (exact) mass is 389 g/mol. The van der Waals surface area contributed by atoms with E-state index in [0.717, 1.165) is 15.8 Å². The van der Waals surface area contributed by atoms with Crippen LogP contribution in [0, 0.1) is 13.8 Å². The molecule has 136 valence electrons. The first-order valence-electron chi connectivity index (χ1n) is 8.09. The van der Waals surface area contributed by atoms with Crippen LogP contribution in [0.25, 0.3) is 10.2 Å². The lowest BCUT2D eigenvalue weighted by Gasteiger charge is -2.05. The molecule has 0 bridgehead atoms. The maximum absolute atomic E-state index is 12.5. The molecular formula is C18H19N3O3S2. The van der Waals surface area contributed by atoms with Crippen molar-refractivity contribution in [1.29, 1.82) is 0 Å². The Morgan fingerprint density at radius 2 is 1.85 bits per heavy atom. The Balaban J connectivity index is 1.92. The van der Waals surface area contributed by atoms with Gasteiger partial charge in [-0.3, -0.25) is 9.52 Å². The van der Waals surface area contributed by atoms with E-state index in [1.54, 1.807) is 37.3 Å². The van der Waals surface area contributed by atoms with Gasteiger partial charge in [0.15, 0.2) is 5.13 Å². The summed E-state index contributed by atoms with van der Waals surface area (Å²) >= 11 is 1.23. The van der Waals surface area contributed by atoms with Gasteiger partial charge in [-0.15, -0.1) is 0 Å². The lowest BCUT2D eigenvalue weighted by Crippen LogP contribution is -2.12. The van der Waals surface area contributed by atoms with E-state index in [4.69, 9.17) is 0 Å². The second kappa shape index (κ2) is 7.05. The zero-order chi connectivity index (χ0) is 18.9. The molecule has 0 fully saturated rings. The van der Waals surface area contributed by atoms with E-state index in [0.29, 0.717) is 22.8 Å². The molecule has 3 aromatic rings. The van der Waals surface area contributed by atoms with Crippen molar-refractivity contribution in [2.75, 3.05) is 10.0 Å². The first-order chi connectivity index (χ1) is 12.3. The summed E-state index contributed by atoms with van der Waals surface area (Å²) in [6, 6.07) is 10.3. The highest BCUT2D eigenvalue weighted by Gasteiger charge is 2.17. The van der Waals surface area contributed by atoms with E-state index in [1.165, 1.54) is 11.3 Å². The predicted octanol–water partition coefficient (Wildman–Crippen LogP) is 4.06. The molecule has 0 unspecified atom stereocenters. The molecule has 0 radical (unpaired) electrons. The van der Waals surface area contributed by atoms with Gasteiger partial charge in [-0.05, 0) is 43.7 Å². The highest BCUT2D eigenvalue weighted by atomic mass is 32.2. The second-order valence-electron chi connectivity index (χ2n) is 5.98. The number of carbonyl (C=O) groups excluding carboxylic acids is 1. The number of fused-ring (bicyclic) bond motifs is 1. The zero-order valence-corrected chi connectivity index (χ0v) is 16.3. The molecule has 26 heavy (non-hydrogen) atoms. The summed E-state index contributed by atoms with van der Waals surface area (Å²) in [7, 11) is -3.70. The van der Waals surface area contributed by atoms with Gasteiger partial charge >= 0.3 is 0 Å². The first-order valence-corrected chi connectivity index (χ1v) is 10.4. The molecule has 8 heteroatoms. The minimum absolute atomic E-state index is 0.0754. The van der Waals surface area contributed by atoms with Crippen LogP contribution < -0.4 is 10.0 Å². The maximum atomic E-state index is 12.5. The van der Waals surface area contributed by atoms with Crippen molar-refractivity contribution in [1.82, 2.24) is 4.98 Å². The number of aromatic nitrogens is 1. The van der Waals surface area contributed by atoms with Crippen LogP contribution in [0.5, 0.6) is 0 Å². The number of anilines is 2. The Kier molecular flexibility index (Phi) is 4.97. The van der Waals surface area contributed by atoms with Crippen molar-refractivity contribution in [2.24, 2.45) is 0 Å². The van der Waals surface area contributed by atoms with Crippen LogP contribution in [0.4, 0.5) is 10.8 Å². The van der Waals surface area contributed by atoms with Crippen LogP contribution in [-0.2, 0) is 14.8 Å². The fourth-order valence-corrected chi connectivity index (χ4v) is 4.67. The minimum atomic E-state index is -3.70. The van der Waals surface area contributed by atoms with E-state index in [9.17, 15) is 13.2 Å². The molecule has 0 saturated carbocycles. The lowest BCUT2D eigenvalue weighted by molar-refractivity contribution is -0.115. The fourth-order valence-electron chi connectivity index (χ4n) is 2.45. The number of nitrogens with zero attached hydrogens (tertiary/aromatic N) is 1. The van der Waals surface area contributed by atoms with Crippen molar-refractivity contribution in [3.63, 3.8) is 0 Å². The number of nitrogens with one attached hydrogen (secondary N) is 2. The molecule has 0 aliphatic carbocycles. The minimum Gasteiger partial charge on any atom is -0.326 e. The average molecular weight is 390 g/mol. The molecule has 0 saturated heterocycles.